The lowest BCUT2D eigenvalue weighted by molar-refractivity contribution is 0.795. The molecule has 4 rings (SSSR count). The second kappa shape index (κ2) is 6.64. The molecule has 6 nitrogen and oxygen atoms in total. The van der Waals surface area contributed by atoms with Crippen molar-refractivity contribution in [2.24, 2.45) is 14.1 Å². The summed E-state index contributed by atoms with van der Waals surface area (Å²) >= 11 is 0. The largest absolute Gasteiger partial charge is 0.381 e. The lowest BCUT2D eigenvalue weighted by Gasteiger charge is -2.08. The van der Waals surface area contributed by atoms with Crippen LogP contribution in [-0.2, 0) is 20.6 Å². The predicted molar refractivity (Wildman–Crippen MR) is 108 cm³/mol. The van der Waals surface area contributed by atoms with Crippen molar-refractivity contribution in [3.63, 3.8) is 0 Å². The summed E-state index contributed by atoms with van der Waals surface area (Å²) < 4.78 is 3.23. The SMILES string of the molecule is Cn1c(=O)n(C)c2cc(NCc3cc(-c4ccccc4)c[nH]c3=O)ccc21. The summed E-state index contributed by atoms with van der Waals surface area (Å²) in [6.45, 7) is 0.391. The zero-order valence-corrected chi connectivity index (χ0v) is 15.2. The summed E-state index contributed by atoms with van der Waals surface area (Å²) in [6, 6.07) is 17.6. The van der Waals surface area contributed by atoms with Gasteiger partial charge in [0.2, 0.25) is 0 Å². The second-order valence-corrected chi connectivity index (χ2v) is 6.57. The van der Waals surface area contributed by atoms with Crippen molar-refractivity contribution in [1.82, 2.24) is 14.1 Å². The molecule has 0 unspecified atom stereocenters. The molecule has 0 aliphatic rings. The van der Waals surface area contributed by atoms with E-state index in [9.17, 15) is 9.59 Å². The number of imidazole rings is 1. The van der Waals surface area contributed by atoms with Crippen molar-refractivity contribution in [3.05, 3.63) is 87.2 Å². The fourth-order valence-electron chi connectivity index (χ4n) is 3.27. The van der Waals surface area contributed by atoms with Crippen molar-refractivity contribution in [2.75, 3.05) is 5.32 Å². The molecule has 0 bridgehead atoms. The molecule has 2 heterocycles. The van der Waals surface area contributed by atoms with Gasteiger partial charge in [0, 0.05) is 38.1 Å². The lowest BCUT2D eigenvalue weighted by atomic mass is 10.1. The van der Waals surface area contributed by atoms with Gasteiger partial charge in [-0.1, -0.05) is 30.3 Å². The van der Waals surface area contributed by atoms with E-state index in [4.69, 9.17) is 0 Å². The van der Waals surface area contributed by atoms with Crippen LogP contribution < -0.4 is 16.6 Å². The molecule has 0 aliphatic carbocycles. The molecule has 0 radical (unpaired) electrons. The second-order valence-electron chi connectivity index (χ2n) is 6.57. The van der Waals surface area contributed by atoms with Gasteiger partial charge in [-0.05, 0) is 35.4 Å². The highest BCUT2D eigenvalue weighted by Crippen LogP contribution is 2.20. The first kappa shape index (κ1) is 16.9. The van der Waals surface area contributed by atoms with Crippen molar-refractivity contribution in [2.45, 2.75) is 6.54 Å². The Morgan fingerprint density at radius 2 is 1.63 bits per heavy atom. The minimum atomic E-state index is -0.115. The minimum Gasteiger partial charge on any atom is -0.381 e. The van der Waals surface area contributed by atoms with Crippen molar-refractivity contribution in [3.8, 4) is 11.1 Å². The van der Waals surface area contributed by atoms with Crippen LogP contribution in [0.25, 0.3) is 22.2 Å². The molecule has 2 N–H and O–H groups in total. The van der Waals surface area contributed by atoms with Crippen molar-refractivity contribution in [1.29, 1.82) is 0 Å². The molecule has 6 heteroatoms. The fourth-order valence-corrected chi connectivity index (χ4v) is 3.27. The Hall–Kier alpha value is -3.54. The summed E-state index contributed by atoms with van der Waals surface area (Å²) in [5.41, 5.74) is 5.07. The first-order chi connectivity index (χ1) is 13.0. The molecular formula is C21H20N4O2. The summed E-state index contributed by atoms with van der Waals surface area (Å²) in [7, 11) is 3.51. The van der Waals surface area contributed by atoms with E-state index in [-0.39, 0.29) is 11.2 Å². The highest BCUT2D eigenvalue weighted by Gasteiger charge is 2.09. The van der Waals surface area contributed by atoms with E-state index in [1.54, 1.807) is 29.4 Å². The molecule has 0 atom stereocenters. The van der Waals surface area contributed by atoms with Gasteiger partial charge in [0.25, 0.3) is 5.56 Å². The van der Waals surface area contributed by atoms with Gasteiger partial charge in [0.15, 0.2) is 0 Å². The van der Waals surface area contributed by atoms with E-state index < -0.39 is 0 Å². The van der Waals surface area contributed by atoms with Crippen LogP contribution in [-0.4, -0.2) is 14.1 Å². The number of aromatic amines is 1. The monoisotopic (exact) mass is 360 g/mol. The number of aromatic nitrogens is 3. The standard InChI is InChI=1S/C21H20N4O2/c1-24-18-9-8-17(11-19(18)25(2)21(24)27)22-13-16-10-15(12-23-20(16)26)14-6-4-3-5-7-14/h3-12,22H,13H2,1-2H3,(H,23,26). The Bertz CT molecular complexity index is 1230. The number of benzene rings is 2. The number of H-pyrrole nitrogens is 1. The van der Waals surface area contributed by atoms with Crippen molar-refractivity contribution >= 4 is 16.7 Å². The van der Waals surface area contributed by atoms with Gasteiger partial charge in [-0.25, -0.2) is 4.79 Å². The third kappa shape index (κ3) is 3.06. The van der Waals surface area contributed by atoms with Gasteiger partial charge in [-0.15, -0.1) is 0 Å². The first-order valence-corrected chi connectivity index (χ1v) is 8.71. The van der Waals surface area contributed by atoms with E-state index in [0.717, 1.165) is 27.8 Å². The van der Waals surface area contributed by atoms with Crippen LogP contribution in [0.15, 0.2) is 70.4 Å². The van der Waals surface area contributed by atoms with E-state index in [1.165, 1.54) is 0 Å². The molecule has 0 saturated heterocycles. The van der Waals surface area contributed by atoms with Crippen LogP contribution in [0.2, 0.25) is 0 Å². The van der Waals surface area contributed by atoms with Crippen LogP contribution >= 0.6 is 0 Å². The normalized spacial score (nSPS) is 11.0. The zero-order valence-electron chi connectivity index (χ0n) is 15.2. The summed E-state index contributed by atoms with van der Waals surface area (Å²) in [4.78, 5) is 27.1. The third-order valence-electron chi connectivity index (χ3n) is 4.84. The molecule has 4 aromatic rings. The van der Waals surface area contributed by atoms with Crippen LogP contribution in [0.3, 0.4) is 0 Å². The van der Waals surface area contributed by atoms with Gasteiger partial charge >= 0.3 is 5.69 Å². The van der Waals surface area contributed by atoms with Crippen LogP contribution in [0.5, 0.6) is 0 Å². The quantitative estimate of drug-likeness (QED) is 0.588. The molecule has 27 heavy (non-hydrogen) atoms. The Morgan fingerprint density at radius 3 is 2.41 bits per heavy atom. The number of nitrogens with one attached hydrogen (secondary N) is 2. The number of fused-ring (bicyclic) bond motifs is 1. The van der Waals surface area contributed by atoms with Gasteiger partial charge in [0.1, 0.15) is 0 Å². The van der Waals surface area contributed by atoms with Crippen LogP contribution in [0.1, 0.15) is 5.56 Å². The van der Waals surface area contributed by atoms with E-state index in [0.29, 0.717) is 12.1 Å². The average molecular weight is 360 g/mol. The topological polar surface area (TPSA) is 71.8 Å². The highest BCUT2D eigenvalue weighted by atomic mass is 16.1. The number of aryl methyl sites for hydroxylation is 2. The number of nitrogens with zero attached hydrogens (tertiary/aromatic N) is 2. The number of hydrogen-bond acceptors (Lipinski definition) is 3. The van der Waals surface area contributed by atoms with Crippen LogP contribution in [0, 0.1) is 0 Å². The van der Waals surface area contributed by atoms with Gasteiger partial charge in [-0.3, -0.25) is 13.9 Å². The number of pyridine rings is 1. The maximum Gasteiger partial charge on any atom is 0.328 e. The average Bonchev–Trinajstić information content (AvgIpc) is 2.92. The van der Waals surface area contributed by atoms with Crippen LogP contribution in [0.4, 0.5) is 5.69 Å². The Morgan fingerprint density at radius 1 is 0.889 bits per heavy atom. The number of rotatable bonds is 4. The molecule has 2 aromatic heterocycles. The predicted octanol–water partition coefficient (Wildman–Crippen LogP) is 2.84. The molecule has 0 fully saturated rings. The Labute approximate surface area is 155 Å². The summed E-state index contributed by atoms with van der Waals surface area (Å²) in [5.74, 6) is 0. The minimum absolute atomic E-state index is 0.0610. The lowest BCUT2D eigenvalue weighted by Crippen LogP contribution is -2.19. The Balaban J connectivity index is 1.62. The zero-order chi connectivity index (χ0) is 19.0. The molecule has 0 amide bonds. The van der Waals surface area contributed by atoms with E-state index in [2.05, 4.69) is 10.3 Å². The van der Waals surface area contributed by atoms with E-state index in [1.807, 2.05) is 54.6 Å². The molecule has 0 saturated carbocycles. The summed E-state index contributed by atoms with van der Waals surface area (Å²) in [6.07, 6.45) is 1.73. The fraction of sp³-hybridized carbons (Fsp3) is 0.143. The van der Waals surface area contributed by atoms with Crippen molar-refractivity contribution < 1.29 is 0 Å². The first-order valence-electron chi connectivity index (χ1n) is 8.71. The third-order valence-corrected chi connectivity index (χ3v) is 4.84. The number of hydrogen-bond donors (Lipinski definition) is 2. The van der Waals surface area contributed by atoms with Gasteiger partial charge < -0.3 is 10.3 Å². The maximum atomic E-state index is 12.2. The Kier molecular flexibility index (Phi) is 4.16. The maximum absolute atomic E-state index is 12.2. The highest BCUT2D eigenvalue weighted by molar-refractivity contribution is 5.80. The van der Waals surface area contributed by atoms with E-state index >= 15 is 0 Å². The smallest absolute Gasteiger partial charge is 0.328 e. The molecule has 2 aromatic carbocycles. The molecule has 136 valence electrons. The number of anilines is 1. The molecule has 0 spiro atoms. The van der Waals surface area contributed by atoms with Gasteiger partial charge in [-0.2, -0.15) is 0 Å². The molecule has 0 aliphatic heterocycles. The summed E-state index contributed by atoms with van der Waals surface area (Å²) in [5, 5.41) is 3.28. The molecular weight excluding hydrogens is 340 g/mol. The van der Waals surface area contributed by atoms with Gasteiger partial charge in [0.05, 0.1) is 11.0 Å².